The molecule has 1 aliphatic carbocycles. The number of nitrogens with zero attached hydrogens (tertiary/aromatic N) is 3. The second kappa shape index (κ2) is 11.3. The molecule has 1 aromatic heterocycles. The van der Waals surface area contributed by atoms with E-state index in [1.165, 1.54) is 36.7 Å². The van der Waals surface area contributed by atoms with E-state index < -0.39 is 17.5 Å². The van der Waals surface area contributed by atoms with Gasteiger partial charge in [0, 0.05) is 23.9 Å². The zero-order chi connectivity index (χ0) is 27.5. The van der Waals surface area contributed by atoms with Crippen LogP contribution in [0.3, 0.4) is 0 Å². The van der Waals surface area contributed by atoms with E-state index in [1.54, 1.807) is 24.0 Å². The number of aromatic nitrogens is 2. The summed E-state index contributed by atoms with van der Waals surface area (Å²) in [7, 11) is 0. The van der Waals surface area contributed by atoms with Crippen LogP contribution in [0.4, 0.5) is 20.3 Å². The molecule has 1 atom stereocenters. The van der Waals surface area contributed by atoms with Gasteiger partial charge < -0.3 is 10.2 Å². The van der Waals surface area contributed by atoms with Crippen LogP contribution < -0.4 is 10.8 Å². The molecule has 1 aliphatic heterocycles. The second-order valence-electron chi connectivity index (χ2n) is 9.83. The molecule has 2 aliphatic rings. The smallest absolute Gasteiger partial charge is 0.258 e. The van der Waals surface area contributed by atoms with Crippen molar-refractivity contribution in [2.24, 2.45) is 0 Å². The Balaban J connectivity index is 1.29. The summed E-state index contributed by atoms with van der Waals surface area (Å²) in [5, 5.41) is 2.64. The Morgan fingerprint density at radius 3 is 2.72 bits per heavy atom. The second-order valence-corrected chi connectivity index (χ2v) is 9.83. The first kappa shape index (κ1) is 26.4. The summed E-state index contributed by atoms with van der Waals surface area (Å²) < 4.78 is 29.3. The first-order chi connectivity index (χ1) is 18.8. The minimum Gasteiger partial charge on any atom is -0.334 e. The first-order valence-corrected chi connectivity index (χ1v) is 12.9. The third kappa shape index (κ3) is 5.96. The van der Waals surface area contributed by atoms with Gasteiger partial charge in [0.2, 0.25) is 5.91 Å². The average molecular weight is 534 g/mol. The van der Waals surface area contributed by atoms with E-state index in [-0.39, 0.29) is 29.8 Å². The molecule has 39 heavy (non-hydrogen) atoms. The number of carbonyl (C=O) groups excluding carboxylic acids is 2. The highest BCUT2D eigenvalue weighted by atomic mass is 19.1. The molecule has 2 amide bonds. The van der Waals surface area contributed by atoms with Gasteiger partial charge >= 0.3 is 0 Å². The number of carbonyl (C=O) groups is 2. The van der Waals surface area contributed by atoms with Crippen LogP contribution in [0.25, 0.3) is 11.3 Å². The van der Waals surface area contributed by atoms with Crippen molar-refractivity contribution < 1.29 is 23.2 Å². The van der Waals surface area contributed by atoms with Gasteiger partial charge in [-0.1, -0.05) is 12.6 Å². The van der Waals surface area contributed by atoms with Crippen molar-refractivity contribution in [3.8, 4) is 11.3 Å². The van der Waals surface area contributed by atoms with Crippen LogP contribution in [0, 0.1) is 18.6 Å². The zero-order valence-corrected chi connectivity index (χ0v) is 21.5. The Morgan fingerprint density at radius 1 is 1.15 bits per heavy atom. The Hall–Kier alpha value is -4.18. The van der Waals surface area contributed by atoms with Crippen LogP contribution in [0.1, 0.15) is 53.1 Å². The number of hydrogen-bond donors (Lipinski definition) is 2. The molecule has 0 unspecified atom stereocenters. The van der Waals surface area contributed by atoms with Gasteiger partial charge in [0.1, 0.15) is 18.0 Å². The maximum atomic E-state index is 14.6. The molecule has 1 saturated carbocycles. The molecule has 8 nitrogen and oxygen atoms in total. The van der Waals surface area contributed by atoms with Gasteiger partial charge in [-0.25, -0.2) is 24.2 Å². The Bertz CT molecular complexity index is 1430. The number of rotatable bonds is 9. The van der Waals surface area contributed by atoms with Crippen LogP contribution in [-0.2, 0) is 9.63 Å². The first-order valence-electron chi connectivity index (χ1n) is 12.9. The predicted octanol–water partition coefficient (Wildman–Crippen LogP) is 5.38. The van der Waals surface area contributed by atoms with Crippen LogP contribution in [0.15, 0.2) is 55.4 Å². The predicted molar refractivity (Wildman–Crippen MR) is 143 cm³/mol. The van der Waals surface area contributed by atoms with Crippen molar-refractivity contribution >= 4 is 23.3 Å². The van der Waals surface area contributed by atoms with E-state index in [1.807, 2.05) is 0 Å². The van der Waals surface area contributed by atoms with E-state index in [9.17, 15) is 18.4 Å². The summed E-state index contributed by atoms with van der Waals surface area (Å²) in [6, 6.07) is 8.64. The van der Waals surface area contributed by atoms with E-state index in [4.69, 9.17) is 4.84 Å². The molecule has 1 saturated heterocycles. The number of amides is 2. The molecule has 202 valence electrons. The molecule has 2 fully saturated rings. The minimum absolute atomic E-state index is 0.0734. The van der Waals surface area contributed by atoms with Gasteiger partial charge in [0.05, 0.1) is 23.9 Å². The van der Waals surface area contributed by atoms with Crippen LogP contribution in [0.5, 0.6) is 0 Å². The topological polar surface area (TPSA) is 96.5 Å². The molecule has 5 rings (SSSR count). The highest BCUT2D eigenvalue weighted by Crippen LogP contribution is 2.40. The summed E-state index contributed by atoms with van der Waals surface area (Å²) in [5.74, 6) is -1.29. The van der Waals surface area contributed by atoms with Gasteiger partial charge in [-0.3, -0.25) is 14.4 Å². The number of likely N-dealkylation sites (tertiary alicyclic amines) is 1. The van der Waals surface area contributed by atoms with Crippen LogP contribution in [0.2, 0.25) is 0 Å². The van der Waals surface area contributed by atoms with E-state index >= 15 is 0 Å². The lowest BCUT2D eigenvalue weighted by molar-refractivity contribution is -0.127. The zero-order valence-electron chi connectivity index (χ0n) is 21.5. The van der Waals surface area contributed by atoms with Gasteiger partial charge in [0.25, 0.3) is 5.91 Å². The molecule has 0 bridgehead atoms. The maximum Gasteiger partial charge on any atom is 0.258 e. The number of nitrogens with one attached hydrogen (secondary N) is 2. The number of benzene rings is 2. The lowest BCUT2D eigenvalue weighted by Crippen LogP contribution is -2.37. The third-order valence-electron chi connectivity index (χ3n) is 7.14. The Labute approximate surface area is 225 Å². The lowest BCUT2D eigenvalue weighted by Gasteiger charge is -2.23. The van der Waals surface area contributed by atoms with Crippen molar-refractivity contribution in [2.75, 3.05) is 23.9 Å². The summed E-state index contributed by atoms with van der Waals surface area (Å²) in [4.78, 5) is 40.6. The highest BCUT2D eigenvalue weighted by molar-refractivity contribution is 6.05. The SMILES string of the molecule is C=CC(=O)N1CCC[C@H]1CONc1cc(-c2cc(F)cc(NC(=O)c3ccc(C4CC4)cc3F)c2C)ncn1. The van der Waals surface area contributed by atoms with Gasteiger partial charge in [-0.15, -0.1) is 0 Å². The van der Waals surface area contributed by atoms with Crippen molar-refractivity contribution in [3.63, 3.8) is 0 Å². The normalized spacial score (nSPS) is 16.7. The third-order valence-corrected chi connectivity index (χ3v) is 7.14. The quantitative estimate of drug-likeness (QED) is 0.283. The Morgan fingerprint density at radius 2 is 1.97 bits per heavy atom. The molecular formula is C29H29F2N5O3. The molecule has 10 heteroatoms. The summed E-state index contributed by atoms with van der Waals surface area (Å²) in [5.41, 5.74) is 5.13. The van der Waals surface area contributed by atoms with Crippen LogP contribution >= 0.6 is 0 Å². The average Bonchev–Trinajstić information content (AvgIpc) is 3.68. The summed E-state index contributed by atoms with van der Waals surface area (Å²) in [6.45, 7) is 6.17. The fraction of sp³-hybridized carbons (Fsp3) is 0.310. The number of hydrogen-bond acceptors (Lipinski definition) is 6. The molecule has 3 aromatic rings. The molecule has 2 aromatic carbocycles. The lowest BCUT2D eigenvalue weighted by atomic mass is 10.0. The molecule has 0 spiro atoms. The van der Waals surface area contributed by atoms with E-state index in [0.717, 1.165) is 31.2 Å². The minimum atomic E-state index is -0.663. The molecule has 0 radical (unpaired) electrons. The van der Waals surface area contributed by atoms with Crippen molar-refractivity contribution in [1.82, 2.24) is 14.9 Å². The monoisotopic (exact) mass is 533 g/mol. The molecule has 2 N–H and O–H groups in total. The maximum absolute atomic E-state index is 14.6. The van der Waals surface area contributed by atoms with Gasteiger partial charge in [-0.05, 0) is 80.0 Å². The summed E-state index contributed by atoms with van der Waals surface area (Å²) >= 11 is 0. The molecule has 2 heterocycles. The number of anilines is 2. The number of halogens is 2. The fourth-order valence-electron chi connectivity index (χ4n) is 4.84. The van der Waals surface area contributed by atoms with Crippen molar-refractivity contribution in [3.05, 3.63) is 83.7 Å². The summed E-state index contributed by atoms with van der Waals surface area (Å²) in [6.07, 6.45) is 6.37. The van der Waals surface area contributed by atoms with Gasteiger partial charge in [-0.2, -0.15) is 0 Å². The van der Waals surface area contributed by atoms with Gasteiger partial charge in [0.15, 0.2) is 5.82 Å². The standard InChI is InChI=1S/C29H29F2N5O3/c1-3-28(37)36-10-4-5-21(36)15-39-35-27-14-26(32-16-33-27)23-12-20(30)13-25(17(23)2)34-29(38)22-9-8-19(11-24(22)31)18-6-7-18/h3,8-9,11-14,16,18,21H,1,4-7,10,15H2,2H3,(H,34,38)(H,32,33,35)/t21-/m0/s1. The van der Waals surface area contributed by atoms with Crippen molar-refractivity contribution in [2.45, 2.75) is 44.6 Å². The molecular weight excluding hydrogens is 504 g/mol. The Kier molecular flexibility index (Phi) is 7.65. The largest absolute Gasteiger partial charge is 0.334 e. The fourth-order valence-corrected chi connectivity index (χ4v) is 4.84. The van der Waals surface area contributed by atoms with E-state index in [0.29, 0.717) is 35.1 Å². The van der Waals surface area contributed by atoms with Crippen molar-refractivity contribution in [1.29, 1.82) is 0 Å². The van der Waals surface area contributed by atoms with E-state index in [2.05, 4.69) is 27.3 Å². The van der Waals surface area contributed by atoms with Crippen LogP contribution in [-0.4, -0.2) is 45.9 Å². The highest BCUT2D eigenvalue weighted by Gasteiger charge is 2.28.